The Kier molecular flexibility index (Phi) is 4.65. The number of sulfone groups is 1. The van der Waals surface area contributed by atoms with Crippen molar-refractivity contribution in [3.05, 3.63) is 59.7 Å². The summed E-state index contributed by atoms with van der Waals surface area (Å²) in [6, 6.07) is 14.8. The van der Waals surface area contributed by atoms with Crippen molar-refractivity contribution in [1.82, 2.24) is 0 Å². The van der Waals surface area contributed by atoms with E-state index in [1.807, 2.05) is 6.07 Å². The molecule has 1 N–H and O–H groups in total. The molecular weight excluding hydrogens is 322 g/mol. The fourth-order valence-corrected chi connectivity index (χ4v) is 3.89. The number of benzene rings is 2. The van der Waals surface area contributed by atoms with Crippen LogP contribution in [0.1, 0.15) is 36.5 Å². The molecule has 0 saturated heterocycles. The van der Waals surface area contributed by atoms with E-state index in [-0.39, 0.29) is 4.90 Å². The molecule has 0 aliphatic carbocycles. The van der Waals surface area contributed by atoms with Crippen LogP contribution in [0.3, 0.4) is 0 Å². The molecule has 2 aromatic carbocycles. The molecule has 0 aromatic heterocycles. The molecule has 0 bridgehead atoms. The Morgan fingerprint density at radius 3 is 2.50 bits per heavy atom. The summed E-state index contributed by atoms with van der Waals surface area (Å²) in [7, 11) is -3.21. The lowest BCUT2D eigenvalue weighted by atomic mass is 9.91. The zero-order valence-electron chi connectivity index (χ0n) is 14.0. The summed E-state index contributed by atoms with van der Waals surface area (Å²) in [6.45, 7) is 3.65. The zero-order valence-corrected chi connectivity index (χ0v) is 14.8. The maximum atomic E-state index is 11.5. The highest BCUT2D eigenvalue weighted by Gasteiger charge is 2.23. The average Bonchev–Trinajstić information content (AvgIpc) is 2.57. The van der Waals surface area contributed by atoms with Crippen molar-refractivity contribution in [1.29, 1.82) is 0 Å². The summed E-state index contributed by atoms with van der Waals surface area (Å²) < 4.78 is 23.1. The van der Waals surface area contributed by atoms with Crippen molar-refractivity contribution in [3.8, 4) is 0 Å². The minimum Gasteiger partial charge on any atom is -0.387 e. The lowest BCUT2D eigenvalue weighted by Gasteiger charge is -2.35. The molecule has 1 heterocycles. The molecule has 5 heteroatoms. The van der Waals surface area contributed by atoms with E-state index in [1.165, 1.54) is 17.5 Å². The molecule has 4 nitrogen and oxygen atoms in total. The number of rotatable bonds is 4. The van der Waals surface area contributed by atoms with Gasteiger partial charge in [-0.05, 0) is 41.7 Å². The third kappa shape index (κ3) is 3.47. The van der Waals surface area contributed by atoms with Gasteiger partial charge in [0.2, 0.25) is 0 Å². The molecule has 128 valence electrons. The van der Waals surface area contributed by atoms with Crippen molar-refractivity contribution in [3.63, 3.8) is 0 Å². The van der Waals surface area contributed by atoms with Crippen molar-refractivity contribution in [2.24, 2.45) is 0 Å². The molecule has 24 heavy (non-hydrogen) atoms. The SMILES string of the molecule is CC1CCN(CC(O)c2ccc(S(C)(=O)=O)cc2)c2ccccc21. The van der Waals surface area contributed by atoms with Crippen molar-refractivity contribution in [2.45, 2.75) is 30.3 Å². The second-order valence-corrected chi connectivity index (χ2v) is 8.57. The van der Waals surface area contributed by atoms with Crippen LogP contribution in [0.5, 0.6) is 0 Å². The molecule has 2 unspecified atom stereocenters. The summed E-state index contributed by atoms with van der Waals surface area (Å²) in [4.78, 5) is 2.49. The lowest BCUT2D eigenvalue weighted by Crippen LogP contribution is -2.34. The minimum atomic E-state index is -3.21. The van der Waals surface area contributed by atoms with Gasteiger partial charge in [-0.3, -0.25) is 0 Å². The van der Waals surface area contributed by atoms with Gasteiger partial charge in [0, 0.05) is 25.0 Å². The molecule has 0 fully saturated rings. The van der Waals surface area contributed by atoms with Gasteiger partial charge in [-0.1, -0.05) is 37.3 Å². The standard InChI is InChI=1S/C19H23NO3S/c1-14-11-12-20(18-6-4-3-5-17(14)18)13-19(21)15-7-9-16(10-8-15)24(2,22)23/h3-10,14,19,21H,11-13H2,1-2H3. The summed E-state index contributed by atoms with van der Waals surface area (Å²) in [5.41, 5.74) is 3.24. The number of hydrogen-bond acceptors (Lipinski definition) is 4. The van der Waals surface area contributed by atoms with E-state index in [4.69, 9.17) is 0 Å². The van der Waals surface area contributed by atoms with Crippen molar-refractivity contribution in [2.75, 3.05) is 24.2 Å². The van der Waals surface area contributed by atoms with Gasteiger partial charge in [0.25, 0.3) is 0 Å². The van der Waals surface area contributed by atoms with Crippen LogP contribution < -0.4 is 4.90 Å². The van der Waals surface area contributed by atoms with Crippen LogP contribution >= 0.6 is 0 Å². The molecule has 1 aliphatic rings. The fraction of sp³-hybridized carbons (Fsp3) is 0.368. The maximum absolute atomic E-state index is 11.5. The topological polar surface area (TPSA) is 57.6 Å². The van der Waals surface area contributed by atoms with Crippen molar-refractivity contribution < 1.29 is 13.5 Å². The Bertz CT molecular complexity index is 815. The van der Waals surface area contributed by atoms with Crippen LogP contribution in [0.15, 0.2) is 53.4 Å². The highest BCUT2D eigenvalue weighted by atomic mass is 32.2. The van der Waals surface area contributed by atoms with Crippen LogP contribution in [0.25, 0.3) is 0 Å². The Balaban J connectivity index is 1.78. The summed E-state index contributed by atoms with van der Waals surface area (Å²) in [6.07, 6.45) is 1.60. The monoisotopic (exact) mass is 345 g/mol. The van der Waals surface area contributed by atoms with Crippen LogP contribution in [0.4, 0.5) is 5.69 Å². The maximum Gasteiger partial charge on any atom is 0.175 e. The van der Waals surface area contributed by atoms with Gasteiger partial charge in [0.15, 0.2) is 9.84 Å². The van der Waals surface area contributed by atoms with Crippen LogP contribution in [0, 0.1) is 0 Å². The predicted octanol–water partition coefficient (Wildman–Crippen LogP) is 3.14. The first-order valence-corrected chi connectivity index (χ1v) is 10.1. The minimum absolute atomic E-state index is 0.274. The Morgan fingerprint density at radius 2 is 1.83 bits per heavy atom. The third-order valence-electron chi connectivity index (χ3n) is 4.73. The first-order chi connectivity index (χ1) is 11.4. The second-order valence-electron chi connectivity index (χ2n) is 6.55. The predicted molar refractivity (Wildman–Crippen MR) is 96.2 cm³/mol. The molecule has 0 saturated carbocycles. The van der Waals surface area contributed by atoms with E-state index < -0.39 is 15.9 Å². The van der Waals surface area contributed by atoms with E-state index in [9.17, 15) is 13.5 Å². The molecule has 0 radical (unpaired) electrons. The van der Waals surface area contributed by atoms with Gasteiger partial charge < -0.3 is 10.0 Å². The molecule has 3 rings (SSSR count). The Morgan fingerprint density at radius 1 is 1.17 bits per heavy atom. The summed E-state index contributed by atoms with van der Waals surface area (Å²) in [5, 5.41) is 10.6. The van der Waals surface area contributed by atoms with Gasteiger partial charge >= 0.3 is 0 Å². The van der Waals surface area contributed by atoms with E-state index in [1.54, 1.807) is 24.3 Å². The van der Waals surface area contributed by atoms with Gasteiger partial charge in [-0.15, -0.1) is 0 Å². The normalized spacial score (nSPS) is 19.0. The van der Waals surface area contributed by atoms with Gasteiger partial charge in [0.05, 0.1) is 11.0 Å². The van der Waals surface area contributed by atoms with Gasteiger partial charge in [-0.2, -0.15) is 0 Å². The quantitative estimate of drug-likeness (QED) is 0.925. The number of nitrogens with zero attached hydrogens (tertiary/aromatic N) is 1. The van der Waals surface area contributed by atoms with Crippen LogP contribution in [-0.4, -0.2) is 32.9 Å². The number of anilines is 1. The lowest BCUT2D eigenvalue weighted by molar-refractivity contribution is 0.182. The highest BCUT2D eigenvalue weighted by Crippen LogP contribution is 2.35. The highest BCUT2D eigenvalue weighted by molar-refractivity contribution is 7.90. The Labute approximate surface area is 143 Å². The number of β-amino-alcohol motifs (C(OH)–C–C–N with tert-alkyl or cyclic N) is 1. The number of fused-ring (bicyclic) bond motifs is 1. The van der Waals surface area contributed by atoms with Crippen LogP contribution in [-0.2, 0) is 9.84 Å². The van der Waals surface area contributed by atoms with Crippen molar-refractivity contribution >= 4 is 15.5 Å². The van der Waals surface area contributed by atoms with Crippen LogP contribution in [0.2, 0.25) is 0 Å². The third-order valence-corrected chi connectivity index (χ3v) is 5.86. The van der Waals surface area contributed by atoms with E-state index in [2.05, 4.69) is 30.0 Å². The summed E-state index contributed by atoms with van der Waals surface area (Å²) >= 11 is 0. The van der Waals surface area contributed by atoms with E-state index >= 15 is 0 Å². The Hall–Kier alpha value is -1.85. The largest absolute Gasteiger partial charge is 0.387 e. The molecule has 2 aromatic rings. The fourth-order valence-electron chi connectivity index (χ4n) is 3.26. The smallest absolute Gasteiger partial charge is 0.175 e. The molecular formula is C19H23NO3S. The number of hydrogen-bond donors (Lipinski definition) is 1. The molecule has 0 spiro atoms. The number of aliphatic hydroxyl groups excluding tert-OH is 1. The number of aliphatic hydroxyl groups is 1. The van der Waals surface area contributed by atoms with E-state index in [0.717, 1.165) is 18.5 Å². The van der Waals surface area contributed by atoms with E-state index in [0.29, 0.717) is 12.5 Å². The average molecular weight is 345 g/mol. The zero-order chi connectivity index (χ0) is 17.3. The first-order valence-electron chi connectivity index (χ1n) is 8.18. The second kappa shape index (κ2) is 6.57. The van der Waals surface area contributed by atoms with Gasteiger partial charge in [-0.25, -0.2) is 8.42 Å². The van der Waals surface area contributed by atoms with Gasteiger partial charge in [0.1, 0.15) is 0 Å². The summed E-state index contributed by atoms with van der Waals surface area (Å²) in [5.74, 6) is 0.531. The molecule has 0 amide bonds. The number of para-hydroxylation sites is 1. The molecule has 1 aliphatic heterocycles. The molecule has 2 atom stereocenters. The first kappa shape index (κ1) is 17.0.